The highest BCUT2D eigenvalue weighted by molar-refractivity contribution is 14.0. The Morgan fingerprint density at radius 1 is 1.44 bits per heavy atom. The standard InChI is InChI=1S/C10H19N3O2.HI/c1-11-10(13-7-8-3-4-8)12-6-5-9(14)15-2;/h8H,3-7H2,1-2H3,(H2,11,12,13);1H. The van der Waals surface area contributed by atoms with Gasteiger partial charge in [0.1, 0.15) is 0 Å². The molecule has 1 aliphatic carbocycles. The second-order valence-corrected chi connectivity index (χ2v) is 3.65. The molecule has 0 radical (unpaired) electrons. The van der Waals surface area contributed by atoms with Gasteiger partial charge >= 0.3 is 5.97 Å². The molecule has 1 saturated carbocycles. The quantitative estimate of drug-likeness (QED) is 0.335. The summed E-state index contributed by atoms with van der Waals surface area (Å²) in [5, 5.41) is 6.27. The average Bonchev–Trinajstić information content (AvgIpc) is 3.06. The lowest BCUT2D eigenvalue weighted by atomic mass is 10.4. The Morgan fingerprint density at radius 2 is 2.12 bits per heavy atom. The number of aliphatic imine (C=N–C) groups is 1. The van der Waals surface area contributed by atoms with Crippen molar-refractivity contribution in [2.75, 3.05) is 27.2 Å². The van der Waals surface area contributed by atoms with E-state index in [0.717, 1.165) is 18.4 Å². The van der Waals surface area contributed by atoms with E-state index in [1.807, 2.05) is 0 Å². The van der Waals surface area contributed by atoms with Crippen molar-refractivity contribution in [3.05, 3.63) is 0 Å². The Kier molecular flexibility index (Phi) is 8.32. The van der Waals surface area contributed by atoms with Crippen molar-refractivity contribution >= 4 is 35.9 Å². The maximum Gasteiger partial charge on any atom is 0.307 e. The smallest absolute Gasteiger partial charge is 0.307 e. The van der Waals surface area contributed by atoms with Crippen molar-refractivity contribution in [1.82, 2.24) is 10.6 Å². The summed E-state index contributed by atoms with van der Waals surface area (Å²) in [6.07, 6.45) is 2.99. The van der Waals surface area contributed by atoms with Crippen molar-refractivity contribution < 1.29 is 9.53 Å². The molecule has 0 amide bonds. The molecule has 0 spiro atoms. The summed E-state index contributed by atoms with van der Waals surface area (Å²) >= 11 is 0. The summed E-state index contributed by atoms with van der Waals surface area (Å²) in [4.78, 5) is 14.9. The fourth-order valence-corrected chi connectivity index (χ4v) is 1.17. The van der Waals surface area contributed by atoms with Gasteiger partial charge in [0.15, 0.2) is 5.96 Å². The molecule has 1 aliphatic rings. The van der Waals surface area contributed by atoms with Gasteiger partial charge in [-0.15, -0.1) is 24.0 Å². The van der Waals surface area contributed by atoms with Crippen LogP contribution in [0.4, 0.5) is 0 Å². The first-order valence-corrected chi connectivity index (χ1v) is 5.27. The van der Waals surface area contributed by atoms with Crippen LogP contribution >= 0.6 is 24.0 Å². The Labute approximate surface area is 113 Å². The van der Waals surface area contributed by atoms with Crippen LogP contribution in [-0.2, 0) is 9.53 Å². The first-order chi connectivity index (χ1) is 7.26. The lowest BCUT2D eigenvalue weighted by Crippen LogP contribution is -2.39. The molecule has 16 heavy (non-hydrogen) atoms. The van der Waals surface area contributed by atoms with Gasteiger partial charge in [-0.05, 0) is 18.8 Å². The molecule has 0 unspecified atom stereocenters. The Balaban J connectivity index is 0.00000225. The van der Waals surface area contributed by atoms with Crippen LogP contribution in [0.3, 0.4) is 0 Å². The van der Waals surface area contributed by atoms with Crippen molar-refractivity contribution in [2.45, 2.75) is 19.3 Å². The SMILES string of the molecule is CN=C(NCCC(=O)OC)NCC1CC1.I. The number of nitrogens with zero attached hydrogens (tertiary/aromatic N) is 1. The number of halogens is 1. The van der Waals surface area contributed by atoms with E-state index in [2.05, 4.69) is 20.4 Å². The Morgan fingerprint density at radius 3 is 2.62 bits per heavy atom. The van der Waals surface area contributed by atoms with Crippen LogP contribution in [0.5, 0.6) is 0 Å². The van der Waals surface area contributed by atoms with E-state index in [0.29, 0.717) is 13.0 Å². The predicted molar refractivity (Wildman–Crippen MR) is 74.1 cm³/mol. The highest BCUT2D eigenvalue weighted by Crippen LogP contribution is 2.27. The number of carbonyl (C=O) groups is 1. The number of guanidine groups is 1. The molecule has 0 heterocycles. The van der Waals surface area contributed by atoms with E-state index in [1.54, 1.807) is 7.05 Å². The summed E-state index contributed by atoms with van der Waals surface area (Å²) in [6.45, 7) is 1.52. The molecule has 0 aromatic rings. The third-order valence-electron chi connectivity index (χ3n) is 2.33. The molecular weight excluding hydrogens is 321 g/mol. The van der Waals surface area contributed by atoms with Gasteiger partial charge in [0.25, 0.3) is 0 Å². The zero-order valence-corrected chi connectivity index (χ0v) is 12.1. The van der Waals surface area contributed by atoms with Crippen molar-refractivity contribution in [2.24, 2.45) is 10.9 Å². The zero-order chi connectivity index (χ0) is 11.1. The molecule has 0 saturated heterocycles. The van der Waals surface area contributed by atoms with E-state index in [-0.39, 0.29) is 29.9 Å². The third-order valence-corrected chi connectivity index (χ3v) is 2.33. The fraction of sp³-hybridized carbons (Fsp3) is 0.800. The van der Waals surface area contributed by atoms with Crippen LogP contribution in [-0.4, -0.2) is 39.2 Å². The molecule has 94 valence electrons. The van der Waals surface area contributed by atoms with E-state index in [1.165, 1.54) is 20.0 Å². The van der Waals surface area contributed by atoms with E-state index >= 15 is 0 Å². The Hall–Kier alpha value is -0.530. The topological polar surface area (TPSA) is 62.7 Å². The van der Waals surface area contributed by atoms with Crippen LogP contribution in [0, 0.1) is 5.92 Å². The number of rotatable bonds is 5. The molecule has 0 aromatic heterocycles. The number of nitrogens with one attached hydrogen (secondary N) is 2. The number of hydrogen-bond donors (Lipinski definition) is 2. The average molecular weight is 341 g/mol. The van der Waals surface area contributed by atoms with Crippen molar-refractivity contribution in [3.63, 3.8) is 0 Å². The normalized spacial score (nSPS) is 15.0. The molecule has 0 aliphatic heterocycles. The third kappa shape index (κ3) is 6.86. The summed E-state index contributed by atoms with van der Waals surface area (Å²) < 4.78 is 4.53. The first-order valence-electron chi connectivity index (χ1n) is 5.27. The van der Waals surface area contributed by atoms with Gasteiger partial charge in [0, 0.05) is 20.1 Å². The van der Waals surface area contributed by atoms with E-state index in [4.69, 9.17) is 0 Å². The summed E-state index contributed by atoms with van der Waals surface area (Å²) in [6, 6.07) is 0. The molecular formula is C10H20IN3O2. The molecule has 1 rings (SSSR count). The summed E-state index contributed by atoms with van der Waals surface area (Å²) in [5.74, 6) is 1.36. The largest absolute Gasteiger partial charge is 0.469 e. The fourth-order valence-electron chi connectivity index (χ4n) is 1.17. The second kappa shape index (κ2) is 8.60. The molecule has 0 bridgehead atoms. The number of methoxy groups -OCH3 is 1. The van der Waals surface area contributed by atoms with Crippen molar-refractivity contribution in [1.29, 1.82) is 0 Å². The van der Waals surface area contributed by atoms with Crippen LogP contribution in [0.15, 0.2) is 4.99 Å². The molecule has 5 nitrogen and oxygen atoms in total. The highest BCUT2D eigenvalue weighted by atomic mass is 127. The van der Waals surface area contributed by atoms with Crippen LogP contribution in [0.2, 0.25) is 0 Å². The predicted octanol–water partition coefficient (Wildman–Crippen LogP) is 0.742. The number of hydrogen-bond acceptors (Lipinski definition) is 3. The van der Waals surface area contributed by atoms with Crippen molar-refractivity contribution in [3.8, 4) is 0 Å². The first kappa shape index (κ1) is 15.5. The van der Waals surface area contributed by atoms with Gasteiger partial charge < -0.3 is 15.4 Å². The molecule has 0 atom stereocenters. The maximum atomic E-state index is 10.8. The molecule has 6 heteroatoms. The van der Waals surface area contributed by atoms with E-state index in [9.17, 15) is 4.79 Å². The van der Waals surface area contributed by atoms with Crippen LogP contribution in [0.25, 0.3) is 0 Å². The number of esters is 1. The van der Waals surface area contributed by atoms with Crippen LogP contribution < -0.4 is 10.6 Å². The molecule has 2 N–H and O–H groups in total. The summed E-state index contributed by atoms with van der Waals surface area (Å²) in [7, 11) is 3.11. The van der Waals surface area contributed by atoms with E-state index < -0.39 is 0 Å². The molecule has 1 fully saturated rings. The highest BCUT2D eigenvalue weighted by Gasteiger charge is 2.20. The van der Waals surface area contributed by atoms with Gasteiger partial charge in [-0.3, -0.25) is 9.79 Å². The van der Waals surface area contributed by atoms with Gasteiger partial charge in [-0.1, -0.05) is 0 Å². The minimum Gasteiger partial charge on any atom is -0.469 e. The van der Waals surface area contributed by atoms with Gasteiger partial charge in [-0.25, -0.2) is 0 Å². The number of ether oxygens (including phenoxy) is 1. The van der Waals surface area contributed by atoms with Gasteiger partial charge in [-0.2, -0.15) is 0 Å². The minimum atomic E-state index is -0.208. The minimum absolute atomic E-state index is 0. The lowest BCUT2D eigenvalue weighted by molar-refractivity contribution is -0.140. The second-order valence-electron chi connectivity index (χ2n) is 3.65. The Bertz CT molecular complexity index is 242. The summed E-state index contributed by atoms with van der Waals surface area (Å²) in [5.41, 5.74) is 0. The number of carbonyl (C=O) groups excluding carboxylic acids is 1. The van der Waals surface area contributed by atoms with Gasteiger partial charge in [0.2, 0.25) is 0 Å². The van der Waals surface area contributed by atoms with Crippen LogP contribution in [0.1, 0.15) is 19.3 Å². The lowest BCUT2D eigenvalue weighted by Gasteiger charge is -2.10. The zero-order valence-electron chi connectivity index (χ0n) is 9.78. The van der Waals surface area contributed by atoms with Gasteiger partial charge in [0.05, 0.1) is 13.5 Å². The molecule has 0 aromatic carbocycles. The monoisotopic (exact) mass is 341 g/mol. The maximum absolute atomic E-state index is 10.8.